The van der Waals surface area contributed by atoms with Gasteiger partial charge in [0.25, 0.3) is 0 Å². The van der Waals surface area contributed by atoms with Crippen LogP contribution >= 0.6 is 11.3 Å². The molecule has 110 valence electrons. The first-order valence-corrected chi connectivity index (χ1v) is 7.92. The van der Waals surface area contributed by atoms with E-state index in [1.807, 2.05) is 25.3 Å². The number of rotatable bonds is 4. The topological polar surface area (TPSA) is 49.4 Å². The summed E-state index contributed by atoms with van der Waals surface area (Å²) in [6.07, 6.45) is 1.44. The third kappa shape index (κ3) is 2.73. The summed E-state index contributed by atoms with van der Waals surface area (Å²) < 4.78 is 0. The standard InChI is InChI=1S/C15H22N2O2S/c1-5-12-13(18)16-15(3,4)14(19)17(12)10(2)9-11-7-6-8-20-11/h6-8,10,12H,5,9H2,1-4H3,(H,16,18). The number of carbonyl (C=O) groups is 2. The van der Waals surface area contributed by atoms with Crippen molar-refractivity contribution in [2.75, 3.05) is 0 Å². The molecule has 0 aliphatic carbocycles. The molecule has 1 fully saturated rings. The maximum Gasteiger partial charge on any atom is 0.248 e. The molecule has 0 radical (unpaired) electrons. The van der Waals surface area contributed by atoms with Gasteiger partial charge in [-0.15, -0.1) is 11.3 Å². The van der Waals surface area contributed by atoms with Crippen molar-refractivity contribution in [3.8, 4) is 0 Å². The van der Waals surface area contributed by atoms with Gasteiger partial charge in [0.2, 0.25) is 11.8 Å². The van der Waals surface area contributed by atoms with E-state index in [2.05, 4.69) is 11.4 Å². The van der Waals surface area contributed by atoms with Gasteiger partial charge in [0.15, 0.2) is 0 Å². The van der Waals surface area contributed by atoms with Crippen molar-refractivity contribution >= 4 is 23.2 Å². The molecule has 2 amide bonds. The molecule has 4 nitrogen and oxygen atoms in total. The van der Waals surface area contributed by atoms with Crippen LogP contribution in [0.25, 0.3) is 0 Å². The Labute approximate surface area is 124 Å². The normalized spacial score (nSPS) is 23.6. The third-order valence-electron chi connectivity index (χ3n) is 3.78. The highest BCUT2D eigenvalue weighted by atomic mass is 32.1. The van der Waals surface area contributed by atoms with Crippen LogP contribution in [0.5, 0.6) is 0 Å². The fourth-order valence-corrected chi connectivity index (χ4v) is 3.57. The molecule has 1 N–H and O–H groups in total. The molecule has 0 aromatic carbocycles. The van der Waals surface area contributed by atoms with Crippen LogP contribution < -0.4 is 5.32 Å². The van der Waals surface area contributed by atoms with Gasteiger partial charge in [0.05, 0.1) is 0 Å². The smallest absolute Gasteiger partial charge is 0.248 e. The Kier molecular flexibility index (Phi) is 4.18. The zero-order chi connectivity index (χ0) is 14.9. The Balaban J connectivity index is 2.24. The zero-order valence-corrected chi connectivity index (χ0v) is 13.3. The fourth-order valence-electron chi connectivity index (χ4n) is 2.74. The van der Waals surface area contributed by atoms with Gasteiger partial charge < -0.3 is 10.2 Å². The highest BCUT2D eigenvalue weighted by Crippen LogP contribution is 2.24. The van der Waals surface area contributed by atoms with E-state index in [1.54, 1.807) is 30.1 Å². The summed E-state index contributed by atoms with van der Waals surface area (Å²) in [5, 5.41) is 4.86. The van der Waals surface area contributed by atoms with Gasteiger partial charge in [-0.05, 0) is 38.6 Å². The number of amides is 2. The van der Waals surface area contributed by atoms with E-state index < -0.39 is 5.54 Å². The largest absolute Gasteiger partial charge is 0.340 e. The van der Waals surface area contributed by atoms with Crippen LogP contribution in [-0.2, 0) is 16.0 Å². The Morgan fingerprint density at radius 2 is 2.15 bits per heavy atom. The molecule has 0 spiro atoms. The zero-order valence-electron chi connectivity index (χ0n) is 12.5. The summed E-state index contributed by atoms with van der Waals surface area (Å²) in [5.74, 6) is -0.0388. The molecule has 2 heterocycles. The highest BCUT2D eigenvalue weighted by Gasteiger charge is 2.46. The van der Waals surface area contributed by atoms with Crippen molar-refractivity contribution in [2.45, 2.75) is 58.2 Å². The Hall–Kier alpha value is -1.36. The van der Waals surface area contributed by atoms with Crippen LogP contribution in [-0.4, -0.2) is 34.3 Å². The first-order chi connectivity index (χ1) is 9.36. The molecule has 1 aromatic rings. The van der Waals surface area contributed by atoms with Crippen LogP contribution in [0.3, 0.4) is 0 Å². The first-order valence-electron chi connectivity index (χ1n) is 7.04. The van der Waals surface area contributed by atoms with Crippen LogP contribution in [0.2, 0.25) is 0 Å². The lowest BCUT2D eigenvalue weighted by Crippen LogP contribution is -2.69. The van der Waals surface area contributed by atoms with E-state index >= 15 is 0 Å². The molecule has 2 rings (SSSR count). The van der Waals surface area contributed by atoms with E-state index in [0.29, 0.717) is 6.42 Å². The summed E-state index contributed by atoms with van der Waals surface area (Å²) in [4.78, 5) is 27.9. The van der Waals surface area contributed by atoms with Crippen molar-refractivity contribution in [3.63, 3.8) is 0 Å². The molecular formula is C15H22N2O2S. The van der Waals surface area contributed by atoms with Gasteiger partial charge in [-0.3, -0.25) is 9.59 Å². The summed E-state index contributed by atoms with van der Waals surface area (Å²) in [7, 11) is 0. The molecular weight excluding hydrogens is 272 g/mol. The van der Waals surface area contributed by atoms with Crippen molar-refractivity contribution in [1.82, 2.24) is 10.2 Å². The second kappa shape index (κ2) is 5.56. The maximum absolute atomic E-state index is 12.6. The molecule has 1 aliphatic rings. The quantitative estimate of drug-likeness (QED) is 0.925. The van der Waals surface area contributed by atoms with Crippen LogP contribution in [0.15, 0.2) is 17.5 Å². The third-order valence-corrected chi connectivity index (χ3v) is 4.68. The van der Waals surface area contributed by atoms with Crippen LogP contribution in [0.4, 0.5) is 0 Å². The molecule has 1 aromatic heterocycles. The predicted molar refractivity (Wildman–Crippen MR) is 80.6 cm³/mol. The molecule has 0 saturated carbocycles. The Morgan fingerprint density at radius 3 is 2.70 bits per heavy atom. The van der Waals surface area contributed by atoms with Crippen molar-refractivity contribution in [1.29, 1.82) is 0 Å². The number of piperazine rings is 1. The van der Waals surface area contributed by atoms with Gasteiger partial charge >= 0.3 is 0 Å². The molecule has 0 bridgehead atoms. The molecule has 2 unspecified atom stereocenters. The summed E-state index contributed by atoms with van der Waals surface area (Å²) >= 11 is 1.69. The van der Waals surface area contributed by atoms with Gasteiger partial charge in [-0.1, -0.05) is 13.0 Å². The minimum absolute atomic E-state index is 0.00741. The van der Waals surface area contributed by atoms with Gasteiger partial charge in [-0.2, -0.15) is 0 Å². The van der Waals surface area contributed by atoms with E-state index in [0.717, 1.165) is 6.42 Å². The fraction of sp³-hybridized carbons (Fsp3) is 0.600. The molecule has 2 atom stereocenters. The number of nitrogens with zero attached hydrogens (tertiary/aromatic N) is 1. The van der Waals surface area contributed by atoms with Crippen molar-refractivity contribution in [3.05, 3.63) is 22.4 Å². The predicted octanol–water partition coefficient (Wildman–Crippen LogP) is 2.19. The maximum atomic E-state index is 12.6. The summed E-state index contributed by atoms with van der Waals surface area (Å²) in [6, 6.07) is 3.75. The number of carbonyl (C=O) groups excluding carboxylic acids is 2. The van der Waals surface area contributed by atoms with Gasteiger partial charge in [-0.25, -0.2) is 0 Å². The number of thiophene rings is 1. The SMILES string of the molecule is CCC1C(=O)NC(C)(C)C(=O)N1C(C)Cc1cccs1. The molecule has 1 saturated heterocycles. The highest BCUT2D eigenvalue weighted by molar-refractivity contribution is 7.09. The van der Waals surface area contributed by atoms with E-state index in [4.69, 9.17) is 0 Å². The second-order valence-corrected chi connectivity index (χ2v) is 6.92. The van der Waals surface area contributed by atoms with Crippen LogP contribution in [0.1, 0.15) is 39.0 Å². The summed E-state index contributed by atoms with van der Waals surface area (Å²) in [5.41, 5.74) is -0.813. The molecule has 5 heteroatoms. The minimum Gasteiger partial charge on any atom is -0.340 e. The summed E-state index contributed by atoms with van der Waals surface area (Å²) in [6.45, 7) is 7.50. The monoisotopic (exact) mass is 294 g/mol. The molecule has 1 aliphatic heterocycles. The lowest BCUT2D eigenvalue weighted by atomic mass is 9.93. The van der Waals surface area contributed by atoms with Crippen LogP contribution in [0, 0.1) is 0 Å². The average molecular weight is 294 g/mol. The van der Waals surface area contributed by atoms with Crippen molar-refractivity contribution in [2.24, 2.45) is 0 Å². The Bertz CT molecular complexity index is 496. The second-order valence-electron chi connectivity index (χ2n) is 5.88. The van der Waals surface area contributed by atoms with E-state index in [-0.39, 0.29) is 23.9 Å². The minimum atomic E-state index is -0.813. The average Bonchev–Trinajstić information content (AvgIpc) is 2.85. The van der Waals surface area contributed by atoms with Gasteiger partial charge in [0.1, 0.15) is 11.6 Å². The van der Waals surface area contributed by atoms with Gasteiger partial charge in [0, 0.05) is 17.3 Å². The number of nitrogens with one attached hydrogen (secondary N) is 1. The number of hydrogen-bond donors (Lipinski definition) is 1. The van der Waals surface area contributed by atoms with Crippen molar-refractivity contribution < 1.29 is 9.59 Å². The first kappa shape index (κ1) is 15.0. The Morgan fingerprint density at radius 1 is 1.45 bits per heavy atom. The lowest BCUT2D eigenvalue weighted by molar-refractivity contribution is -0.156. The van der Waals surface area contributed by atoms with E-state index in [1.165, 1.54) is 4.88 Å². The van der Waals surface area contributed by atoms with E-state index in [9.17, 15) is 9.59 Å². The number of hydrogen-bond acceptors (Lipinski definition) is 3. The molecule has 20 heavy (non-hydrogen) atoms. The lowest BCUT2D eigenvalue weighted by Gasteiger charge is -2.45.